The Hall–Kier alpha value is -2.82. The summed E-state index contributed by atoms with van der Waals surface area (Å²) in [6, 6.07) is 11.2. The lowest BCUT2D eigenvalue weighted by Gasteiger charge is -2.21. The Morgan fingerprint density at radius 2 is 2.00 bits per heavy atom. The predicted molar refractivity (Wildman–Crippen MR) is 83.1 cm³/mol. The molecule has 114 valence electrons. The molecule has 0 radical (unpaired) electrons. The molecule has 0 unspecified atom stereocenters. The summed E-state index contributed by atoms with van der Waals surface area (Å²) in [5.74, 6) is -0.499. The number of benzene rings is 1. The summed E-state index contributed by atoms with van der Waals surface area (Å²) in [5.41, 5.74) is 1.42. The Kier molecular flexibility index (Phi) is 5.54. The third kappa shape index (κ3) is 4.34. The maximum atomic E-state index is 12.3. The summed E-state index contributed by atoms with van der Waals surface area (Å²) >= 11 is 0. The first-order chi connectivity index (χ1) is 10.7. The summed E-state index contributed by atoms with van der Waals surface area (Å²) in [4.78, 5) is 25.7. The van der Waals surface area contributed by atoms with Gasteiger partial charge in [-0.05, 0) is 11.6 Å². The summed E-state index contributed by atoms with van der Waals surface area (Å²) in [6.45, 7) is 4.51. The van der Waals surface area contributed by atoms with Crippen molar-refractivity contribution in [1.29, 1.82) is 0 Å². The van der Waals surface area contributed by atoms with Gasteiger partial charge in [0.05, 0.1) is 18.4 Å². The first-order valence-corrected chi connectivity index (χ1v) is 6.93. The van der Waals surface area contributed by atoms with Crippen molar-refractivity contribution >= 4 is 11.8 Å². The number of amides is 2. The molecule has 0 spiro atoms. The summed E-state index contributed by atoms with van der Waals surface area (Å²) < 4.78 is 4.84. The van der Waals surface area contributed by atoms with Gasteiger partial charge in [-0.2, -0.15) is 0 Å². The van der Waals surface area contributed by atoms with Crippen LogP contribution in [-0.2, 0) is 11.3 Å². The number of furan rings is 1. The van der Waals surface area contributed by atoms with Gasteiger partial charge in [0.15, 0.2) is 0 Å². The van der Waals surface area contributed by atoms with E-state index < -0.39 is 0 Å². The van der Waals surface area contributed by atoms with E-state index in [9.17, 15) is 9.59 Å². The van der Waals surface area contributed by atoms with Crippen molar-refractivity contribution in [2.75, 3.05) is 13.1 Å². The molecule has 0 bridgehead atoms. The molecule has 0 fully saturated rings. The monoisotopic (exact) mass is 298 g/mol. The Morgan fingerprint density at radius 3 is 2.64 bits per heavy atom. The number of hydrogen-bond acceptors (Lipinski definition) is 3. The maximum absolute atomic E-state index is 12.3. The van der Waals surface area contributed by atoms with E-state index in [1.807, 2.05) is 30.3 Å². The van der Waals surface area contributed by atoms with Crippen LogP contribution < -0.4 is 5.32 Å². The quantitative estimate of drug-likeness (QED) is 0.797. The fraction of sp³-hybridized carbons (Fsp3) is 0.176. The molecule has 0 atom stereocenters. The normalized spacial score (nSPS) is 10.0. The third-order valence-electron chi connectivity index (χ3n) is 3.10. The van der Waals surface area contributed by atoms with Crippen molar-refractivity contribution in [2.24, 2.45) is 0 Å². The molecule has 1 heterocycles. The molecule has 2 amide bonds. The van der Waals surface area contributed by atoms with Gasteiger partial charge in [-0.3, -0.25) is 9.59 Å². The second-order valence-corrected chi connectivity index (χ2v) is 4.74. The summed E-state index contributed by atoms with van der Waals surface area (Å²) in [6.07, 6.45) is 4.42. The zero-order valence-corrected chi connectivity index (χ0v) is 12.2. The van der Waals surface area contributed by atoms with Crippen LogP contribution in [0.4, 0.5) is 0 Å². The molecule has 0 saturated carbocycles. The number of nitrogens with one attached hydrogen (secondary N) is 1. The van der Waals surface area contributed by atoms with Crippen LogP contribution in [0.1, 0.15) is 15.9 Å². The fourth-order valence-electron chi connectivity index (χ4n) is 1.98. The first kappa shape index (κ1) is 15.6. The number of hydrogen-bond donors (Lipinski definition) is 1. The highest BCUT2D eigenvalue weighted by Crippen LogP contribution is 2.05. The van der Waals surface area contributed by atoms with Gasteiger partial charge >= 0.3 is 0 Å². The number of rotatable bonds is 7. The van der Waals surface area contributed by atoms with Gasteiger partial charge in [-0.15, -0.1) is 6.58 Å². The van der Waals surface area contributed by atoms with E-state index in [1.54, 1.807) is 17.0 Å². The fourth-order valence-corrected chi connectivity index (χ4v) is 1.98. The SMILES string of the molecule is C=CCN(Cc1ccccc1)C(=O)CNC(=O)c1ccoc1. The van der Waals surface area contributed by atoms with Crippen LogP contribution in [0.3, 0.4) is 0 Å². The minimum Gasteiger partial charge on any atom is -0.472 e. The maximum Gasteiger partial charge on any atom is 0.254 e. The lowest BCUT2D eigenvalue weighted by atomic mass is 10.2. The molecule has 1 aromatic heterocycles. The van der Waals surface area contributed by atoms with E-state index >= 15 is 0 Å². The van der Waals surface area contributed by atoms with E-state index in [4.69, 9.17) is 4.42 Å². The zero-order chi connectivity index (χ0) is 15.8. The predicted octanol–water partition coefficient (Wildman–Crippen LogP) is 2.22. The van der Waals surface area contributed by atoms with Crippen molar-refractivity contribution in [2.45, 2.75) is 6.54 Å². The lowest BCUT2D eigenvalue weighted by molar-refractivity contribution is -0.130. The van der Waals surface area contributed by atoms with E-state index in [-0.39, 0.29) is 18.4 Å². The Morgan fingerprint density at radius 1 is 1.23 bits per heavy atom. The average molecular weight is 298 g/mol. The van der Waals surface area contributed by atoms with Gasteiger partial charge in [0.1, 0.15) is 6.26 Å². The minimum absolute atomic E-state index is 0.0648. The highest BCUT2D eigenvalue weighted by molar-refractivity contribution is 5.96. The van der Waals surface area contributed by atoms with Crippen LogP contribution in [0, 0.1) is 0 Å². The van der Waals surface area contributed by atoms with Crippen LogP contribution in [0.2, 0.25) is 0 Å². The van der Waals surface area contributed by atoms with E-state index in [1.165, 1.54) is 12.5 Å². The van der Waals surface area contributed by atoms with Gasteiger partial charge in [0.2, 0.25) is 5.91 Å². The molecule has 1 aromatic carbocycles. The van der Waals surface area contributed by atoms with E-state index in [0.717, 1.165) is 5.56 Å². The van der Waals surface area contributed by atoms with Gasteiger partial charge in [-0.1, -0.05) is 36.4 Å². The van der Waals surface area contributed by atoms with Gasteiger partial charge in [-0.25, -0.2) is 0 Å². The van der Waals surface area contributed by atoms with Crippen LogP contribution >= 0.6 is 0 Å². The second kappa shape index (κ2) is 7.83. The van der Waals surface area contributed by atoms with Crippen molar-refractivity contribution in [3.05, 3.63) is 72.7 Å². The summed E-state index contributed by atoms with van der Waals surface area (Å²) in [5, 5.41) is 2.59. The minimum atomic E-state index is -0.333. The van der Waals surface area contributed by atoms with Crippen molar-refractivity contribution in [3.8, 4) is 0 Å². The van der Waals surface area contributed by atoms with Gasteiger partial charge in [0.25, 0.3) is 5.91 Å². The first-order valence-electron chi connectivity index (χ1n) is 6.93. The molecule has 5 heteroatoms. The van der Waals surface area contributed by atoms with Crippen LogP contribution in [0.15, 0.2) is 66.0 Å². The number of carbonyl (C=O) groups is 2. The van der Waals surface area contributed by atoms with Gasteiger partial charge in [0, 0.05) is 13.1 Å². The molecule has 22 heavy (non-hydrogen) atoms. The largest absolute Gasteiger partial charge is 0.472 e. The van der Waals surface area contributed by atoms with E-state index in [0.29, 0.717) is 18.7 Å². The molecular weight excluding hydrogens is 280 g/mol. The molecule has 0 aliphatic heterocycles. The smallest absolute Gasteiger partial charge is 0.254 e. The lowest BCUT2D eigenvalue weighted by Crippen LogP contribution is -2.39. The van der Waals surface area contributed by atoms with Crippen molar-refractivity contribution in [3.63, 3.8) is 0 Å². The van der Waals surface area contributed by atoms with E-state index in [2.05, 4.69) is 11.9 Å². The summed E-state index contributed by atoms with van der Waals surface area (Å²) in [7, 11) is 0. The molecular formula is C17H18N2O3. The molecule has 0 saturated heterocycles. The second-order valence-electron chi connectivity index (χ2n) is 4.74. The topological polar surface area (TPSA) is 62.6 Å². The Balaban J connectivity index is 1.92. The van der Waals surface area contributed by atoms with Crippen LogP contribution in [-0.4, -0.2) is 29.8 Å². The molecule has 2 rings (SSSR count). The average Bonchev–Trinajstić information content (AvgIpc) is 3.07. The number of nitrogens with zero attached hydrogens (tertiary/aromatic N) is 1. The molecule has 0 aliphatic carbocycles. The molecule has 5 nitrogen and oxygen atoms in total. The number of carbonyl (C=O) groups excluding carboxylic acids is 2. The highest BCUT2D eigenvalue weighted by Gasteiger charge is 2.14. The third-order valence-corrected chi connectivity index (χ3v) is 3.10. The molecule has 2 aromatic rings. The van der Waals surface area contributed by atoms with Crippen molar-refractivity contribution in [1.82, 2.24) is 10.2 Å². The van der Waals surface area contributed by atoms with Crippen LogP contribution in [0.5, 0.6) is 0 Å². The zero-order valence-electron chi connectivity index (χ0n) is 12.2. The highest BCUT2D eigenvalue weighted by atomic mass is 16.3. The molecule has 0 aliphatic rings. The standard InChI is InChI=1S/C17H18N2O3/c1-2-9-19(12-14-6-4-3-5-7-14)16(20)11-18-17(21)15-8-10-22-13-15/h2-8,10,13H,1,9,11-12H2,(H,18,21). The van der Waals surface area contributed by atoms with Crippen LogP contribution in [0.25, 0.3) is 0 Å². The van der Waals surface area contributed by atoms with Gasteiger partial charge < -0.3 is 14.6 Å². The Labute approximate surface area is 129 Å². The Bertz CT molecular complexity index is 621. The van der Waals surface area contributed by atoms with Crippen molar-refractivity contribution < 1.29 is 14.0 Å². The molecule has 1 N–H and O–H groups in total.